The minimum Gasteiger partial charge on any atom is -0.481 e. The Balaban J connectivity index is 1.90. The number of thiazole rings is 1. The number of carbonyl (C=O) groups is 1. The first kappa shape index (κ1) is 12.1. The van der Waals surface area contributed by atoms with E-state index in [9.17, 15) is 9.90 Å². The molecule has 4 nitrogen and oxygen atoms in total. The van der Waals surface area contributed by atoms with Gasteiger partial charge in [-0.3, -0.25) is 4.79 Å². The zero-order valence-electron chi connectivity index (χ0n) is 10.8. The molecule has 5 heteroatoms. The minimum absolute atomic E-state index is 0.490. The molecule has 2 aliphatic rings. The fourth-order valence-electron chi connectivity index (χ4n) is 2.79. The summed E-state index contributed by atoms with van der Waals surface area (Å²) >= 11 is 1.59. The van der Waals surface area contributed by atoms with Gasteiger partial charge in [0.25, 0.3) is 0 Å². The number of likely N-dealkylation sites (N-methyl/N-ethyl adjacent to an activating group) is 1. The van der Waals surface area contributed by atoms with Crippen LogP contribution in [-0.4, -0.2) is 41.1 Å². The first-order chi connectivity index (χ1) is 8.53. The van der Waals surface area contributed by atoms with Crippen LogP contribution in [0, 0.1) is 6.92 Å². The van der Waals surface area contributed by atoms with Crippen molar-refractivity contribution in [3.63, 3.8) is 0 Å². The second-order valence-corrected chi connectivity index (χ2v) is 6.80. The van der Waals surface area contributed by atoms with Crippen molar-refractivity contribution in [1.29, 1.82) is 0 Å². The smallest absolute Gasteiger partial charge is 0.316 e. The number of aromatic nitrogens is 1. The van der Waals surface area contributed by atoms with Crippen molar-refractivity contribution in [2.24, 2.45) is 0 Å². The Morgan fingerprint density at radius 2 is 2.28 bits per heavy atom. The van der Waals surface area contributed by atoms with Crippen molar-refractivity contribution in [3.05, 3.63) is 15.6 Å². The maximum Gasteiger partial charge on any atom is 0.316 e. The molecule has 1 aliphatic heterocycles. The van der Waals surface area contributed by atoms with Gasteiger partial charge in [-0.05, 0) is 39.8 Å². The van der Waals surface area contributed by atoms with Gasteiger partial charge in [-0.1, -0.05) is 0 Å². The quantitative estimate of drug-likeness (QED) is 0.909. The highest BCUT2D eigenvalue weighted by molar-refractivity contribution is 7.12. The maximum absolute atomic E-state index is 11.3. The predicted molar refractivity (Wildman–Crippen MR) is 70.3 cm³/mol. The van der Waals surface area contributed by atoms with Crippen molar-refractivity contribution >= 4 is 17.3 Å². The second kappa shape index (κ2) is 4.03. The van der Waals surface area contributed by atoms with Gasteiger partial charge in [0.05, 0.1) is 5.69 Å². The molecular weight excluding hydrogens is 248 g/mol. The molecule has 0 amide bonds. The summed E-state index contributed by atoms with van der Waals surface area (Å²) in [4.78, 5) is 19.5. The molecule has 1 aliphatic carbocycles. The fourth-order valence-corrected chi connectivity index (χ4v) is 4.03. The third kappa shape index (κ3) is 1.77. The largest absolute Gasteiger partial charge is 0.481 e. The van der Waals surface area contributed by atoms with Crippen LogP contribution in [0.4, 0.5) is 0 Å². The average molecular weight is 266 g/mol. The van der Waals surface area contributed by atoms with Crippen LogP contribution in [0.15, 0.2) is 0 Å². The van der Waals surface area contributed by atoms with E-state index >= 15 is 0 Å². The van der Waals surface area contributed by atoms with Crippen LogP contribution in [0.5, 0.6) is 0 Å². The van der Waals surface area contributed by atoms with Gasteiger partial charge >= 0.3 is 5.97 Å². The Bertz CT molecular complexity index is 493. The third-order valence-corrected chi connectivity index (χ3v) is 5.37. The molecule has 0 bridgehead atoms. The van der Waals surface area contributed by atoms with E-state index < -0.39 is 11.4 Å². The van der Waals surface area contributed by atoms with Gasteiger partial charge in [-0.15, -0.1) is 11.3 Å². The summed E-state index contributed by atoms with van der Waals surface area (Å²) in [7, 11) is 2.13. The number of carboxylic acids is 1. The van der Waals surface area contributed by atoms with Crippen LogP contribution >= 0.6 is 11.3 Å². The molecule has 1 aromatic rings. The van der Waals surface area contributed by atoms with E-state index in [1.165, 1.54) is 4.88 Å². The van der Waals surface area contributed by atoms with Gasteiger partial charge in [0.1, 0.15) is 10.4 Å². The van der Waals surface area contributed by atoms with E-state index in [0.29, 0.717) is 5.92 Å². The normalized spacial score (nSPS) is 26.4. The standard InChI is InChI=1S/C13H18N2O2S/c1-8-10(9-3-6-15(2)7-9)14-11(18-8)13(4-5-13)12(16)17/h9H,3-7H2,1-2H3,(H,16,17). The van der Waals surface area contributed by atoms with Gasteiger partial charge in [0.15, 0.2) is 0 Å². The zero-order valence-corrected chi connectivity index (χ0v) is 11.6. The van der Waals surface area contributed by atoms with E-state index in [1.807, 2.05) is 0 Å². The molecule has 1 N–H and O–H groups in total. The maximum atomic E-state index is 11.3. The monoisotopic (exact) mass is 266 g/mol. The fraction of sp³-hybridized carbons (Fsp3) is 0.692. The van der Waals surface area contributed by atoms with Crippen LogP contribution in [0.1, 0.15) is 40.8 Å². The van der Waals surface area contributed by atoms with Gasteiger partial charge in [-0.2, -0.15) is 0 Å². The number of rotatable bonds is 3. The van der Waals surface area contributed by atoms with Gasteiger partial charge in [0.2, 0.25) is 0 Å². The van der Waals surface area contributed by atoms with Crippen molar-refractivity contribution in [3.8, 4) is 0 Å². The van der Waals surface area contributed by atoms with E-state index in [-0.39, 0.29) is 0 Å². The van der Waals surface area contributed by atoms with Crippen LogP contribution in [0.2, 0.25) is 0 Å². The summed E-state index contributed by atoms with van der Waals surface area (Å²) in [6.07, 6.45) is 2.64. The summed E-state index contributed by atoms with van der Waals surface area (Å²) < 4.78 is 0. The predicted octanol–water partition coefficient (Wildman–Crippen LogP) is 1.99. The molecule has 0 radical (unpaired) electrons. The molecule has 3 rings (SSSR count). The highest BCUT2D eigenvalue weighted by atomic mass is 32.1. The molecular formula is C13H18N2O2S. The number of aliphatic carboxylic acids is 1. The van der Waals surface area contributed by atoms with Crippen LogP contribution in [0.3, 0.4) is 0 Å². The Morgan fingerprint density at radius 1 is 1.56 bits per heavy atom. The highest BCUT2D eigenvalue weighted by Gasteiger charge is 2.54. The number of hydrogen-bond donors (Lipinski definition) is 1. The number of hydrogen-bond acceptors (Lipinski definition) is 4. The summed E-state index contributed by atoms with van der Waals surface area (Å²) in [5.74, 6) is -0.212. The molecule has 2 fully saturated rings. The molecule has 1 aromatic heterocycles. The van der Waals surface area contributed by atoms with Crippen LogP contribution in [-0.2, 0) is 10.2 Å². The lowest BCUT2D eigenvalue weighted by Crippen LogP contribution is -2.19. The molecule has 1 unspecified atom stereocenters. The van der Waals surface area contributed by atoms with Gasteiger partial charge in [0, 0.05) is 17.3 Å². The number of likely N-dealkylation sites (tertiary alicyclic amines) is 1. The lowest BCUT2D eigenvalue weighted by atomic mass is 10.0. The molecule has 0 aromatic carbocycles. The zero-order chi connectivity index (χ0) is 12.9. The summed E-state index contributed by atoms with van der Waals surface area (Å²) in [5, 5.41) is 10.2. The minimum atomic E-state index is -0.702. The van der Waals surface area contributed by atoms with Crippen molar-refractivity contribution in [2.75, 3.05) is 20.1 Å². The number of nitrogens with zero attached hydrogens (tertiary/aromatic N) is 2. The summed E-state index contributed by atoms with van der Waals surface area (Å²) in [6.45, 7) is 4.23. The molecule has 2 heterocycles. The highest BCUT2D eigenvalue weighted by Crippen LogP contribution is 2.50. The van der Waals surface area contributed by atoms with Crippen molar-refractivity contribution in [1.82, 2.24) is 9.88 Å². The van der Waals surface area contributed by atoms with E-state index in [1.54, 1.807) is 11.3 Å². The van der Waals surface area contributed by atoms with E-state index in [4.69, 9.17) is 4.98 Å². The Hall–Kier alpha value is -0.940. The molecule has 98 valence electrons. The topological polar surface area (TPSA) is 53.4 Å². The number of aryl methyl sites for hydroxylation is 1. The Kier molecular flexibility index (Phi) is 2.71. The van der Waals surface area contributed by atoms with Crippen molar-refractivity contribution in [2.45, 2.75) is 37.5 Å². The summed E-state index contributed by atoms with van der Waals surface area (Å²) in [6, 6.07) is 0. The van der Waals surface area contributed by atoms with Gasteiger partial charge < -0.3 is 10.0 Å². The lowest BCUT2D eigenvalue weighted by molar-refractivity contribution is -0.140. The molecule has 0 spiro atoms. The molecule has 18 heavy (non-hydrogen) atoms. The van der Waals surface area contributed by atoms with Crippen molar-refractivity contribution < 1.29 is 9.90 Å². The first-order valence-electron chi connectivity index (χ1n) is 6.43. The van der Waals surface area contributed by atoms with Crippen LogP contribution in [0.25, 0.3) is 0 Å². The molecule has 1 atom stereocenters. The SMILES string of the molecule is Cc1sc(C2(C(=O)O)CC2)nc1C1CCN(C)C1. The number of carboxylic acid groups (broad SMARTS) is 1. The average Bonchev–Trinajstić information content (AvgIpc) is 2.89. The first-order valence-corrected chi connectivity index (χ1v) is 7.24. The molecule has 1 saturated carbocycles. The lowest BCUT2D eigenvalue weighted by Gasteiger charge is -2.09. The Labute approximate surface area is 111 Å². The molecule has 1 saturated heterocycles. The Morgan fingerprint density at radius 3 is 2.78 bits per heavy atom. The van der Waals surface area contributed by atoms with Gasteiger partial charge in [-0.25, -0.2) is 4.98 Å². The van der Waals surface area contributed by atoms with E-state index in [0.717, 1.165) is 43.1 Å². The summed E-state index contributed by atoms with van der Waals surface area (Å²) in [5.41, 5.74) is 0.505. The second-order valence-electron chi connectivity index (χ2n) is 5.60. The third-order valence-electron chi connectivity index (χ3n) is 4.18. The van der Waals surface area contributed by atoms with E-state index in [2.05, 4.69) is 18.9 Å². The van der Waals surface area contributed by atoms with Crippen LogP contribution < -0.4 is 0 Å².